The molecule has 0 atom stereocenters. The van der Waals surface area contributed by atoms with Gasteiger partial charge in [-0.2, -0.15) is 13.2 Å². The summed E-state index contributed by atoms with van der Waals surface area (Å²) in [5, 5.41) is 0.414. The van der Waals surface area contributed by atoms with Crippen LogP contribution in [-0.2, 0) is 4.74 Å². The molecule has 1 aromatic heterocycles. The van der Waals surface area contributed by atoms with Crippen LogP contribution in [0.5, 0.6) is 5.75 Å². The number of carbonyl (C=O) groups excluding carboxylic acids is 1. The first-order valence-electron chi connectivity index (χ1n) is 6.60. The highest BCUT2D eigenvalue weighted by atomic mass is 19.4. The lowest BCUT2D eigenvalue weighted by atomic mass is 10.2. The van der Waals surface area contributed by atoms with Gasteiger partial charge in [-0.25, -0.2) is 9.36 Å². The number of ether oxygens (including phenoxy) is 2. The number of aromatic nitrogens is 1. The summed E-state index contributed by atoms with van der Waals surface area (Å²) in [5.41, 5.74) is -0.288. The molecule has 0 radical (unpaired) electrons. The molecule has 0 N–H and O–H groups in total. The topological polar surface area (TPSA) is 40.5 Å². The molecule has 7 heteroatoms. The van der Waals surface area contributed by atoms with Crippen LogP contribution in [0.25, 0.3) is 10.9 Å². The zero-order valence-electron chi connectivity index (χ0n) is 12.4. The second kappa shape index (κ2) is 5.55. The van der Waals surface area contributed by atoms with Crippen LogP contribution >= 0.6 is 0 Å². The monoisotopic (exact) mass is 315 g/mol. The molecule has 4 nitrogen and oxygen atoms in total. The Morgan fingerprint density at radius 2 is 1.82 bits per heavy atom. The van der Waals surface area contributed by atoms with Crippen LogP contribution in [0, 0.1) is 0 Å². The van der Waals surface area contributed by atoms with Crippen molar-refractivity contribution in [1.29, 1.82) is 0 Å². The van der Waals surface area contributed by atoms with Gasteiger partial charge in [-0.3, -0.25) is 0 Å². The van der Waals surface area contributed by atoms with Gasteiger partial charge in [-0.05, 0) is 32.9 Å². The number of nitrogens with zero attached hydrogens (tertiary/aromatic N) is 1. The van der Waals surface area contributed by atoms with Crippen LogP contribution < -0.4 is 4.74 Å². The number of fused-ring (bicyclic) bond motifs is 1. The van der Waals surface area contributed by atoms with Crippen LogP contribution in [0.3, 0.4) is 0 Å². The lowest BCUT2D eigenvalue weighted by Gasteiger charge is -2.19. The third-order valence-electron chi connectivity index (χ3n) is 2.66. The van der Waals surface area contributed by atoms with Gasteiger partial charge >= 0.3 is 12.3 Å². The first kappa shape index (κ1) is 16.2. The fourth-order valence-corrected chi connectivity index (χ4v) is 1.89. The average Bonchev–Trinajstić information content (AvgIpc) is 2.72. The van der Waals surface area contributed by atoms with Gasteiger partial charge in [-0.15, -0.1) is 0 Å². The Morgan fingerprint density at radius 3 is 2.41 bits per heavy atom. The number of para-hydroxylation sites is 1. The first-order chi connectivity index (χ1) is 10.1. The van der Waals surface area contributed by atoms with E-state index in [2.05, 4.69) is 0 Å². The molecule has 1 aromatic carbocycles. The maximum atomic E-state index is 12.3. The van der Waals surface area contributed by atoms with E-state index in [1.807, 2.05) is 0 Å². The van der Waals surface area contributed by atoms with E-state index in [1.54, 1.807) is 45.0 Å². The van der Waals surface area contributed by atoms with Crippen molar-refractivity contribution in [3.8, 4) is 5.75 Å². The predicted octanol–water partition coefficient (Wildman–Crippen LogP) is 4.37. The highest BCUT2D eigenvalue weighted by molar-refractivity contribution is 5.94. The summed E-state index contributed by atoms with van der Waals surface area (Å²) in [7, 11) is 0. The Labute approximate surface area is 125 Å². The number of carbonyl (C=O) groups is 1. The van der Waals surface area contributed by atoms with Gasteiger partial charge in [-0.1, -0.05) is 12.1 Å². The quantitative estimate of drug-likeness (QED) is 0.826. The number of rotatable bonds is 2. The molecular formula is C15H16F3NO3. The lowest BCUT2D eigenvalue weighted by molar-refractivity contribution is -0.153. The number of halogens is 3. The Kier molecular flexibility index (Phi) is 4.08. The molecule has 0 saturated carbocycles. The van der Waals surface area contributed by atoms with Gasteiger partial charge in [0.1, 0.15) is 11.4 Å². The van der Waals surface area contributed by atoms with Crippen LogP contribution in [0.15, 0.2) is 30.5 Å². The van der Waals surface area contributed by atoms with Crippen molar-refractivity contribution in [2.45, 2.75) is 32.5 Å². The van der Waals surface area contributed by atoms with Gasteiger partial charge in [0, 0.05) is 5.39 Å². The van der Waals surface area contributed by atoms with Crippen molar-refractivity contribution in [3.63, 3.8) is 0 Å². The minimum absolute atomic E-state index is 0.0150. The Bertz CT molecular complexity index is 683. The number of hydrogen-bond acceptors (Lipinski definition) is 3. The summed E-state index contributed by atoms with van der Waals surface area (Å²) < 4.78 is 48.1. The fourth-order valence-electron chi connectivity index (χ4n) is 1.89. The summed E-state index contributed by atoms with van der Waals surface area (Å²) >= 11 is 0. The Hall–Kier alpha value is -2.18. The number of alkyl halides is 3. The van der Waals surface area contributed by atoms with E-state index in [0.717, 1.165) is 4.57 Å². The lowest BCUT2D eigenvalue weighted by Crippen LogP contribution is -2.26. The van der Waals surface area contributed by atoms with E-state index in [-0.39, 0.29) is 5.75 Å². The standard InChI is InChI=1S/C15H16F3NO3/c1-14(2,3)22-13(20)19-8-12(21-9-15(16,17)18)10-6-4-5-7-11(10)19/h4-8H,9H2,1-3H3. The second-order valence-corrected chi connectivity index (χ2v) is 5.76. The van der Waals surface area contributed by atoms with E-state index >= 15 is 0 Å². The minimum Gasteiger partial charge on any atom is -0.482 e. The summed E-state index contributed by atoms with van der Waals surface area (Å²) in [6, 6.07) is 6.53. The van der Waals surface area contributed by atoms with E-state index < -0.39 is 24.5 Å². The van der Waals surface area contributed by atoms with Crippen molar-refractivity contribution < 1.29 is 27.4 Å². The smallest absolute Gasteiger partial charge is 0.422 e. The molecule has 22 heavy (non-hydrogen) atoms. The molecule has 0 saturated heterocycles. The van der Waals surface area contributed by atoms with Crippen LogP contribution in [0.2, 0.25) is 0 Å². The third-order valence-corrected chi connectivity index (χ3v) is 2.66. The fraction of sp³-hybridized carbons (Fsp3) is 0.400. The summed E-state index contributed by atoms with van der Waals surface area (Å²) in [4.78, 5) is 12.2. The van der Waals surface area contributed by atoms with Gasteiger partial charge in [0.05, 0.1) is 11.7 Å². The van der Waals surface area contributed by atoms with Crippen LogP contribution in [0.4, 0.5) is 18.0 Å². The maximum absolute atomic E-state index is 12.3. The van der Waals surface area contributed by atoms with Gasteiger partial charge in [0.2, 0.25) is 0 Å². The molecule has 0 spiro atoms. The zero-order valence-corrected chi connectivity index (χ0v) is 12.4. The molecule has 0 amide bonds. The molecule has 0 aliphatic carbocycles. The van der Waals surface area contributed by atoms with Crippen molar-refractivity contribution in [2.24, 2.45) is 0 Å². The van der Waals surface area contributed by atoms with Crippen LogP contribution in [-0.4, -0.2) is 29.0 Å². The Balaban J connectivity index is 2.37. The van der Waals surface area contributed by atoms with E-state index in [1.165, 1.54) is 6.20 Å². The maximum Gasteiger partial charge on any atom is 0.422 e. The zero-order chi connectivity index (χ0) is 16.5. The van der Waals surface area contributed by atoms with Crippen molar-refractivity contribution in [2.75, 3.05) is 6.61 Å². The molecule has 120 valence electrons. The molecular weight excluding hydrogens is 299 g/mol. The molecule has 2 rings (SSSR count). The van der Waals surface area contributed by atoms with E-state index in [4.69, 9.17) is 9.47 Å². The molecule has 0 fully saturated rings. The normalized spacial score (nSPS) is 12.5. The third kappa shape index (κ3) is 3.93. The minimum atomic E-state index is -4.45. The van der Waals surface area contributed by atoms with E-state index in [9.17, 15) is 18.0 Å². The molecule has 0 aliphatic heterocycles. The molecule has 0 aliphatic rings. The molecule has 1 heterocycles. The highest BCUT2D eigenvalue weighted by Crippen LogP contribution is 2.30. The summed E-state index contributed by atoms with van der Waals surface area (Å²) in [5.74, 6) is -0.0150. The predicted molar refractivity (Wildman–Crippen MR) is 75.1 cm³/mol. The summed E-state index contributed by atoms with van der Waals surface area (Å²) in [6.45, 7) is 3.70. The molecule has 0 unspecified atom stereocenters. The van der Waals surface area contributed by atoms with Crippen molar-refractivity contribution >= 4 is 17.0 Å². The van der Waals surface area contributed by atoms with Crippen molar-refractivity contribution in [3.05, 3.63) is 30.5 Å². The average molecular weight is 315 g/mol. The highest BCUT2D eigenvalue weighted by Gasteiger charge is 2.29. The van der Waals surface area contributed by atoms with Gasteiger partial charge < -0.3 is 9.47 Å². The summed E-state index contributed by atoms with van der Waals surface area (Å²) in [6.07, 6.45) is -3.91. The largest absolute Gasteiger partial charge is 0.482 e. The van der Waals surface area contributed by atoms with Crippen LogP contribution in [0.1, 0.15) is 20.8 Å². The number of hydrogen-bond donors (Lipinski definition) is 0. The molecule has 2 aromatic rings. The van der Waals surface area contributed by atoms with Crippen molar-refractivity contribution in [1.82, 2.24) is 4.57 Å². The van der Waals surface area contributed by atoms with E-state index in [0.29, 0.717) is 10.9 Å². The SMILES string of the molecule is CC(C)(C)OC(=O)n1cc(OCC(F)(F)F)c2ccccc21. The van der Waals surface area contributed by atoms with Gasteiger partial charge in [0.25, 0.3) is 0 Å². The second-order valence-electron chi connectivity index (χ2n) is 5.76. The number of benzene rings is 1. The Morgan fingerprint density at radius 1 is 1.18 bits per heavy atom. The van der Waals surface area contributed by atoms with Gasteiger partial charge in [0.15, 0.2) is 6.61 Å². The molecule has 0 bridgehead atoms. The first-order valence-corrected chi connectivity index (χ1v) is 6.60.